The quantitative estimate of drug-likeness (QED) is 0.499. The number of unbranched alkanes of at least 4 members (excludes halogenated alkanes) is 3. The van der Waals surface area contributed by atoms with Crippen LogP contribution in [0.25, 0.3) is 0 Å². The maximum Gasteiger partial charge on any atom is 0.0599 e. The molecule has 1 unspecified atom stereocenters. The summed E-state index contributed by atoms with van der Waals surface area (Å²) in [5.41, 5.74) is -0.0211. The molecule has 1 aromatic carbocycles. The van der Waals surface area contributed by atoms with Crippen molar-refractivity contribution in [3.63, 3.8) is 0 Å². The zero-order valence-corrected chi connectivity index (χ0v) is 13.4. The van der Waals surface area contributed by atoms with Crippen LogP contribution in [0.4, 0.5) is 0 Å². The Morgan fingerprint density at radius 2 is 1.79 bits per heavy atom. The van der Waals surface area contributed by atoms with E-state index in [-0.39, 0.29) is 11.5 Å². The predicted octanol–water partition coefficient (Wildman–Crippen LogP) is 5.14. The number of benzene rings is 1. The Labute approximate surface area is 122 Å². The Kier molecular flexibility index (Phi) is 7.55. The van der Waals surface area contributed by atoms with Crippen molar-refractivity contribution in [3.8, 4) is 0 Å². The van der Waals surface area contributed by atoms with Crippen molar-refractivity contribution in [1.29, 1.82) is 0 Å². The van der Waals surface area contributed by atoms with Crippen LogP contribution >= 0.6 is 11.8 Å². The van der Waals surface area contributed by atoms with Crippen LogP contribution in [0.5, 0.6) is 0 Å². The maximum absolute atomic E-state index is 10.3. The van der Waals surface area contributed by atoms with Crippen molar-refractivity contribution in [2.75, 3.05) is 5.75 Å². The van der Waals surface area contributed by atoms with Crippen molar-refractivity contribution in [3.05, 3.63) is 30.3 Å². The van der Waals surface area contributed by atoms with Gasteiger partial charge in [-0.25, -0.2) is 0 Å². The van der Waals surface area contributed by atoms with Gasteiger partial charge in [-0.1, -0.05) is 64.7 Å². The molecule has 0 aromatic heterocycles. The predicted molar refractivity (Wildman–Crippen MR) is 85.7 cm³/mol. The van der Waals surface area contributed by atoms with E-state index >= 15 is 0 Å². The van der Waals surface area contributed by atoms with Crippen LogP contribution < -0.4 is 0 Å². The van der Waals surface area contributed by atoms with Gasteiger partial charge in [0.15, 0.2) is 0 Å². The summed E-state index contributed by atoms with van der Waals surface area (Å²) in [5, 5.41) is 10.3. The monoisotopic (exact) mass is 280 g/mol. The molecule has 1 nitrogen and oxygen atoms in total. The summed E-state index contributed by atoms with van der Waals surface area (Å²) < 4.78 is 0. The lowest BCUT2D eigenvalue weighted by atomic mass is 9.86. The number of aliphatic hydroxyl groups is 1. The Balaban J connectivity index is 2.33. The van der Waals surface area contributed by atoms with Crippen LogP contribution in [0, 0.1) is 5.41 Å². The first-order valence-electron chi connectivity index (χ1n) is 7.42. The van der Waals surface area contributed by atoms with Gasteiger partial charge in [-0.15, -0.1) is 11.8 Å². The van der Waals surface area contributed by atoms with E-state index in [0.29, 0.717) is 0 Å². The number of aliphatic hydroxyl groups excluding tert-OH is 1. The van der Waals surface area contributed by atoms with E-state index in [0.717, 1.165) is 18.6 Å². The second-order valence-electron chi connectivity index (χ2n) is 5.96. The molecule has 0 fully saturated rings. The summed E-state index contributed by atoms with van der Waals surface area (Å²) in [4.78, 5) is 1.29. The molecule has 0 aliphatic carbocycles. The first kappa shape index (κ1) is 16.6. The highest BCUT2D eigenvalue weighted by Crippen LogP contribution is 2.32. The summed E-state index contributed by atoms with van der Waals surface area (Å²) in [5.74, 6) is 0.964. The minimum absolute atomic E-state index is 0.0211. The molecule has 1 atom stereocenters. The smallest absolute Gasteiger partial charge is 0.0599 e. The van der Waals surface area contributed by atoms with Gasteiger partial charge in [0.2, 0.25) is 0 Å². The van der Waals surface area contributed by atoms with E-state index in [2.05, 4.69) is 45.0 Å². The molecule has 1 rings (SSSR count). The summed E-state index contributed by atoms with van der Waals surface area (Å²) in [6.07, 6.45) is 5.67. The first-order valence-corrected chi connectivity index (χ1v) is 8.40. The fourth-order valence-corrected chi connectivity index (χ4v) is 3.12. The van der Waals surface area contributed by atoms with Gasteiger partial charge in [-0.2, -0.15) is 0 Å². The second-order valence-corrected chi connectivity index (χ2v) is 7.00. The van der Waals surface area contributed by atoms with E-state index < -0.39 is 0 Å². The summed E-state index contributed by atoms with van der Waals surface area (Å²) >= 11 is 1.84. The molecule has 1 N–H and O–H groups in total. The first-order chi connectivity index (χ1) is 9.06. The number of thioether (sulfide) groups is 1. The SMILES string of the molecule is CCCCCCC(O)C(C)(C)CSc1ccccc1. The minimum Gasteiger partial charge on any atom is -0.393 e. The van der Waals surface area contributed by atoms with Crippen molar-refractivity contribution in [1.82, 2.24) is 0 Å². The fourth-order valence-electron chi connectivity index (χ4n) is 2.04. The lowest BCUT2D eigenvalue weighted by Crippen LogP contribution is -2.31. The Morgan fingerprint density at radius 3 is 2.42 bits per heavy atom. The summed E-state index contributed by atoms with van der Waals surface area (Å²) in [6, 6.07) is 10.4. The fraction of sp³-hybridized carbons (Fsp3) is 0.647. The average Bonchev–Trinajstić information content (AvgIpc) is 2.42. The largest absolute Gasteiger partial charge is 0.393 e. The Hall–Kier alpha value is -0.470. The van der Waals surface area contributed by atoms with E-state index in [1.54, 1.807) is 0 Å². The molecule has 0 saturated carbocycles. The van der Waals surface area contributed by atoms with Gasteiger partial charge in [0.05, 0.1) is 6.10 Å². The number of hydrogen-bond acceptors (Lipinski definition) is 2. The van der Waals surface area contributed by atoms with Gasteiger partial charge >= 0.3 is 0 Å². The van der Waals surface area contributed by atoms with E-state index in [1.807, 2.05) is 17.8 Å². The average molecular weight is 280 g/mol. The molecule has 0 spiro atoms. The van der Waals surface area contributed by atoms with Gasteiger partial charge in [-0.05, 0) is 18.6 Å². The van der Waals surface area contributed by atoms with Crippen molar-refractivity contribution in [2.24, 2.45) is 5.41 Å². The normalized spacial score (nSPS) is 13.5. The third-order valence-electron chi connectivity index (χ3n) is 3.59. The maximum atomic E-state index is 10.3. The summed E-state index contributed by atoms with van der Waals surface area (Å²) in [6.45, 7) is 6.57. The third-order valence-corrected chi connectivity index (χ3v) is 5.08. The van der Waals surface area contributed by atoms with E-state index in [1.165, 1.54) is 24.2 Å². The number of hydrogen-bond donors (Lipinski definition) is 1. The highest BCUT2D eigenvalue weighted by molar-refractivity contribution is 7.99. The van der Waals surface area contributed by atoms with Crippen LogP contribution in [0.1, 0.15) is 52.9 Å². The van der Waals surface area contributed by atoms with Gasteiger partial charge in [-0.3, -0.25) is 0 Å². The molecule has 108 valence electrons. The van der Waals surface area contributed by atoms with Crippen LogP contribution in [-0.2, 0) is 0 Å². The highest BCUT2D eigenvalue weighted by atomic mass is 32.2. The lowest BCUT2D eigenvalue weighted by Gasteiger charge is -2.30. The van der Waals surface area contributed by atoms with E-state index in [9.17, 15) is 5.11 Å². The minimum atomic E-state index is -0.194. The second kappa shape index (κ2) is 8.65. The molecular formula is C17H28OS. The Bertz CT molecular complexity index is 334. The summed E-state index contributed by atoms with van der Waals surface area (Å²) in [7, 11) is 0. The molecule has 0 saturated heterocycles. The van der Waals surface area contributed by atoms with Gasteiger partial charge in [0.1, 0.15) is 0 Å². The molecule has 0 amide bonds. The van der Waals surface area contributed by atoms with Crippen LogP contribution in [0.15, 0.2) is 35.2 Å². The zero-order chi connectivity index (χ0) is 14.1. The molecule has 0 bridgehead atoms. The molecule has 19 heavy (non-hydrogen) atoms. The zero-order valence-electron chi connectivity index (χ0n) is 12.6. The van der Waals surface area contributed by atoms with Crippen LogP contribution in [0.3, 0.4) is 0 Å². The molecule has 0 heterocycles. The lowest BCUT2D eigenvalue weighted by molar-refractivity contribution is 0.0565. The van der Waals surface area contributed by atoms with Gasteiger partial charge in [0, 0.05) is 16.1 Å². The molecule has 1 aromatic rings. The number of rotatable bonds is 9. The molecule has 2 heteroatoms. The van der Waals surface area contributed by atoms with E-state index in [4.69, 9.17) is 0 Å². The Morgan fingerprint density at radius 1 is 1.11 bits per heavy atom. The van der Waals surface area contributed by atoms with Crippen LogP contribution in [0.2, 0.25) is 0 Å². The molecule has 0 radical (unpaired) electrons. The highest BCUT2D eigenvalue weighted by Gasteiger charge is 2.27. The van der Waals surface area contributed by atoms with Crippen LogP contribution in [-0.4, -0.2) is 17.0 Å². The van der Waals surface area contributed by atoms with Crippen molar-refractivity contribution in [2.45, 2.75) is 63.9 Å². The van der Waals surface area contributed by atoms with Gasteiger partial charge < -0.3 is 5.11 Å². The molecule has 0 aliphatic heterocycles. The van der Waals surface area contributed by atoms with Crippen molar-refractivity contribution < 1.29 is 5.11 Å². The third kappa shape index (κ3) is 6.49. The van der Waals surface area contributed by atoms with Gasteiger partial charge in [0.25, 0.3) is 0 Å². The topological polar surface area (TPSA) is 20.2 Å². The molecule has 0 aliphatic rings. The molecular weight excluding hydrogens is 252 g/mol. The standard InChI is InChI=1S/C17H28OS/c1-4-5-6-10-13-16(18)17(2,3)14-19-15-11-8-7-9-12-15/h7-9,11-12,16,18H,4-6,10,13-14H2,1-3H3. The van der Waals surface area contributed by atoms with Crippen molar-refractivity contribution >= 4 is 11.8 Å².